The highest BCUT2D eigenvalue weighted by Crippen LogP contribution is 2.19. The lowest BCUT2D eigenvalue weighted by atomic mass is 10.2. The fourth-order valence-electron chi connectivity index (χ4n) is 1.86. The van der Waals surface area contributed by atoms with Crippen molar-refractivity contribution >= 4 is 15.9 Å². The van der Waals surface area contributed by atoms with Crippen molar-refractivity contribution in [3.63, 3.8) is 0 Å². The molecule has 0 radical (unpaired) electrons. The number of H-pyrrole nitrogens is 1. The summed E-state index contributed by atoms with van der Waals surface area (Å²) < 4.78 is 0.959. The number of aromatic nitrogens is 2. The summed E-state index contributed by atoms with van der Waals surface area (Å²) in [6.45, 7) is 5.79. The van der Waals surface area contributed by atoms with Crippen LogP contribution in [0.2, 0.25) is 0 Å². The highest BCUT2D eigenvalue weighted by molar-refractivity contribution is 9.10. The van der Waals surface area contributed by atoms with Gasteiger partial charge in [0.05, 0.1) is 5.69 Å². The molecule has 2 aromatic rings. The highest BCUT2D eigenvalue weighted by atomic mass is 79.9. The molecule has 0 aliphatic carbocycles. The largest absolute Gasteiger partial charge is 0.311 e. The summed E-state index contributed by atoms with van der Waals surface area (Å²) in [5, 5.41) is 3.29. The summed E-state index contributed by atoms with van der Waals surface area (Å²) in [7, 11) is 0. The first kappa shape index (κ1) is 14.9. The summed E-state index contributed by atoms with van der Waals surface area (Å²) in [6.07, 6.45) is 0. The number of benzene rings is 1. The van der Waals surface area contributed by atoms with E-state index in [1.165, 1.54) is 6.07 Å². The van der Waals surface area contributed by atoms with Gasteiger partial charge in [0.15, 0.2) is 0 Å². The zero-order chi connectivity index (χ0) is 14.5. The summed E-state index contributed by atoms with van der Waals surface area (Å²) in [6, 6.07) is 9.26. The molecule has 0 atom stereocenters. The Balaban J connectivity index is 2.22. The van der Waals surface area contributed by atoms with Crippen molar-refractivity contribution < 1.29 is 0 Å². The van der Waals surface area contributed by atoms with Crippen LogP contribution in [0.4, 0.5) is 0 Å². The molecule has 0 aliphatic rings. The van der Waals surface area contributed by atoms with Gasteiger partial charge in [-0.05, 0) is 24.6 Å². The standard InChI is InChI=1S/C15H18BrN3O/c1-10(2)8-17-9-13-7-14(20)19-15(18-13)11-4-3-5-12(16)6-11/h3-7,10,17H,8-9H2,1-2H3,(H,18,19,20). The molecule has 0 amide bonds. The van der Waals surface area contributed by atoms with E-state index in [9.17, 15) is 4.79 Å². The summed E-state index contributed by atoms with van der Waals surface area (Å²) in [5.74, 6) is 1.17. The van der Waals surface area contributed by atoms with E-state index < -0.39 is 0 Å². The number of halogens is 1. The number of hydrogen-bond donors (Lipinski definition) is 2. The third-order valence-corrected chi connectivity index (χ3v) is 3.24. The van der Waals surface area contributed by atoms with Crippen LogP contribution in [-0.2, 0) is 6.54 Å². The van der Waals surface area contributed by atoms with Crippen LogP contribution >= 0.6 is 15.9 Å². The normalized spacial score (nSPS) is 11.0. The maximum atomic E-state index is 11.7. The van der Waals surface area contributed by atoms with E-state index in [0.29, 0.717) is 18.3 Å². The highest BCUT2D eigenvalue weighted by Gasteiger charge is 2.05. The Labute approximate surface area is 126 Å². The third-order valence-electron chi connectivity index (χ3n) is 2.75. The molecule has 0 bridgehead atoms. The van der Waals surface area contributed by atoms with Crippen LogP contribution in [0.5, 0.6) is 0 Å². The second kappa shape index (κ2) is 6.81. The minimum Gasteiger partial charge on any atom is -0.311 e. The molecule has 1 aromatic carbocycles. The summed E-state index contributed by atoms with van der Waals surface area (Å²) >= 11 is 3.42. The second-order valence-corrected chi connectivity index (χ2v) is 6.04. The predicted octanol–water partition coefficient (Wildman–Crippen LogP) is 2.95. The fourth-order valence-corrected chi connectivity index (χ4v) is 2.26. The van der Waals surface area contributed by atoms with Gasteiger partial charge < -0.3 is 10.3 Å². The number of hydrogen-bond acceptors (Lipinski definition) is 3. The van der Waals surface area contributed by atoms with Crippen LogP contribution in [0.25, 0.3) is 11.4 Å². The Morgan fingerprint density at radius 1 is 1.35 bits per heavy atom. The maximum Gasteiger partial charge on any atom is 0.251 e. The Bertz CT molecular complexity index is 637. The Kier molecular flexibility index (Phi) is 5.09. The molecule has 2 rings (SSSR count). The number of nitrogens with one attached hydrogen (secondary N) is 2. The fraction of sp³-hybridized carbons (Fsp3) is 0.333. The van der Waals surface area contributed by atoms with Crippen LogP contribution in [-0.4, -0.2) is 16.5 Å². The lowest BCUT2D eigenvalue weighted by Gasteiger charge is -2.08. The molecule has 0 saturated heterocycles. The maximum absolute atomic E-state index is 11.7. The Morgan fingerprint density at radius 2 is 2.15 bits per heavy atom. The van der Waals surface area contributed by atoms with Crippen molar-refractivity contribution in [3.05, 3.63) is 50.9 Å². The lowest BCUT2D eigenvalue weighted by molar-refractivity contribution is 0.548. The number of nitrogens with zero attached hydrogens (tertiary/aromatic N) is 1. The van der Waals surface area contributed by atoms with Gasteiger partial charge in [-0.1, -0.05) is 41.9 Å². The molecule has 0 saturated carbocycles. The van der Waals surface area contributed by atoms with Gasteiger partial charge in [0, 0.05) is 22.6 Å². The molecule has 1 aromatic heterocycles. The van der Waals surface area contributed by atoms with Gasteiger partial charge in [0.2, 0.25) is 0 Å². The molecular formula is C15H18BrN3O. The second-order valence-electron chi connectivity index (χ2n) is 5.12. The van der Waals surface area contributed by atoms with E-state index in [1.54, 1.807) is 0 Å². The van der Waals surface area contributed by atoms with Crippen LogP contribution < -0.4 is 10.9 Å². The third kappa shape index (κ3) is 4.28. The molecular weight excluding hydrogens is 318 g/mol. The van der Waals surface area contributed by atoms with E-state index in [0.717, 1.165) is 22.3 Å². The molecule has 0 spiro atoms. The average molecular weight is 336 g/mol. The van der Waals surface area contributed by atoms with Crippen LogP contribution in [0, 0.1) is 5.92 Å². The number of rotatable bonds is 5. The van der Waals surface area contributed by atoms with E-state index in [4.69, 9.17) is 0 Å². The minimum absolute atomic E-state index is 0.128. The van der Waals surface area contributed by atoms with Crippen molar-refractivity contribution in [2.45, 2.75) is 20.4 Å². The molecule has 106 valence electrons. The van der Waals surface area contributed by atoms with E-state index in [1.807, 2.05) is 24.3 Å². The van der Waals surface area contributed by atoms with Crippen molar-refractivity contribution in [1.82, 2.24) is 15.3 Å². The van der Waals surface area contributed by atoms with Gasteiger partial charge in [-0.25, -0.2) is 4.98 Å². The average Bonchev–Trinajstić information content (AvgIpc) is 2.37. The van der Waals surface area contributed by atoms with Crippen LogP contribution in [0.1, 0.15) is 19.5 Å². The molecule has 20 heavy (non-hydrogen) atoms. The zero-order valence-electron chi connectivity index (χ0n) is 11.6. The van der Waals surface area contributed by atoms with Crippen LogP contribution in [0.15, 0.2) is 39.6 Å². The summed E-state index contributed by atoms with van der Waals surface area (Å²) in [4.78, 5) is 19.0. The van der Waals surface area contributed by atoms with Crippen molar-refractivity contribution in [1.29, 1.82) is 0 Å². The Morgan fingerprint density at radius 3 is 2.85 bits per heavy atom. The van der Waals surface area contributed by atoms with E-state index >= 15 is 0 Å². The quantitative estimate of drug-likeness (QED) is 0.883. The first-order chi connectivity index (χ1) is 9.54. The molecule has 0 unspecified atom stereocenters. The molecule has 4 nitrogen and oxygen atoms in total. The molecule has 0 fully saturated rings. The SMILES string of the molecule is CC(C)CNCc1cc(=O)[nH]c(-c2cccc(Br)c2)n1. The van der Waals surface area contributed by atoms with Crippen molar-refractivity contribution in [3.8, 4) is 11.4 Å². The Hall–Kier alpha value is -1.46. The van der Waals surface area contributed by atoms with Gasteiger partial charge in [-0.3, -0.25) is 4.79 Å². The monoisotopic (exact) mass is 335 g/mol. The van der Waals surface area contributed by atoms with Gasteiger partial charge >= 0.3 is 0 Å². The lowest BCUT2D eigenvalue weighted by Crippen LogP contribution is -2.21. The number of aromatic amines is 1. The van der Waals surface area contributed by atoms with Gasteiger partial charge in [0.25, 0.3) is 5.56 Å². The molecule has 1 heterocycles. The molecule has 0 aliphatic heterocycles. The van der Waals surface area contributed by atoms with Gasteiger partial charge in [-0.15, -0.1) is 0 Å². The first-order valence-corrected chi connectivity index (χ1v) is 7.41. The van der Waals surface area contributed by atoms with Crippen molar-refractivity contribution in [2.75, 3.05) is 6.54 Å². The van der Waals surface area contributed by atoms with Crippen molar-refractivity contribution in [2.24, 2.45) is 5.92 Å². The minimum atomic E-state index is -0.128. The topological polar surface area (TPSA) is 57.8 Å². The zero-order valence-corrected chi connectivity index (χ0v) is 13.2. The van der Waals surface area contributed by atoms with Gasteiger partial charge in [-0.2, -0.15) is 0 Å². The van der Waals surface area contributed by atoms with E-state index in [-0.39, 0.29) is 5.56 Å². The van der Waals surface area contributed by atoms with Crippen LogP contribution in [0.3, 0.4) is 0 Å². The van der Waals surface area contributed by atoms with Gasteiger partial charge in [0.1, 0.15) is 5.82 Å². The smallest absolute Gasteiger partial charge is 0.251 e. The summed E-state index contributed by atoms with van der Waals surface area (Å²) in [5.41, 5.74) is 1.52. The first-order valence-electron chi connectivity index (χ1n) is 6.61. The predicted molar refractivity (Wildman–Crippen MR) is 84.5 cm³/mol. The molecule has 5 heteroatoms. The molecule has 2 N–H and O–H groups in total. The van der Waals surface area contributed by atoms with E-state index in [2.05, 4.69) is 45.1 Å².